The highest BCUT2D eigenvalue weighted by Crippen LogP contribution is 2.21. The van der Waals surface area contributed by atoms with Gasteiger partial charge in [-0.15, -0.1) is 23.1 Å². The Hall–Kier alpha value is -1.90. The van der Waals surface area contributed by atoms with Crippen molar-refractivity contribution in [2.75, 3.05) is 11.2 Å². The minimum absolute atomic E-state index is 0.198. The average Bonchev–Trinajstić information content (AvgIpc) is 3.03. The molecule has 0 spiro atoms. The van der Waals surface area contributed by atoms with Crippen molar-refractivity contribution in [2.45, 2.75) is 26.0 Å². The predicted molar refractivity (Wildman–Crippen MR) is 112 cm³/mol. The van der Waals surface area contributed by atoms with Crippen LogP contribution >= 0.6 is 35.3 Å². The Kier molecular flexibility index (Phi) is 5.95. The fraction of sp³-hybridized carbons (Fsp3) is 0.278. The van der Waals surface area contributed by atoms with Crippen molar-refractivity contribution in [3.05, 3.63) is 61.5 Å². The number of aromatic nitrogens is 2. The zero-order valence-electron chi connectivity index (χ0n) is 14.5. The first kappa shape index (κ1) is 18.9. The van der Waals surface area contributed by atoms with Crippen LogP contribution in [0.5, 0.6) is 0 Å². The Morgan fingerprint density at radius 1 is 1.35 bits per heavy atom. The van der Waals surface area contributed by atoms with Gasteiger partial charge in [-0.1, -0.05) is 36.8 Å². The highest BCUT2D eigenvalue weighted by molar-refractivity contribution is 7.99. The molecule has 0 unspecified atom stereocenters. The van der Waals surface area contributed by atoms with Crippen molar-refractivity contribution < 1.29 is 4.79 Å². The third-order valence-electron chi connectivity index (χ3n) is 3.85. The van der Waals surface area contributed by atoms with Gasteiger partial charge < -0.3 is 4.98 Å². The van der Waals surface area contributed by atoms with E-state index in [9.17, 15) is 9.59 Å². The summed E-state index contributed by atoms with van der Waals surface area (Å²) >= 11 is 8.23. The number of hydrogen-bond donors (Lipinski definition) is 2. The van der Waals surface area contributed by atoms with Crippen LogP contribution in [0.4, 0.5) is 0 Å². The fourth-order valence-corrected chi connectivity index (χ4v) is 4.50. The molecule has 0 fully saturated rings. The van der Waals surface area contributed by atoms with E-state index in [-0.39, 0.29) is 22.0 Å². The van der Waals surface area contributed by atoms with E-state index in [1.54, 1.807) is 0 Å². The lowest BCUT2D eigenvalue weighted by Crippen LogP contribution is -2.35. The number of thioether (sulfide) groups is 1. The van der Waals surface area contributed by atoms with Crippen molar-refractivity contribution >= 4 is 51.4 Å². The Morgan fingerprint density at radius 2 is 2.08 bits per heavy atom. The van der Waals surface area contributed by atoms with Crippen LogP contribution in [0.3, 0.4) is 0 Å². The zero-order chi connectivity index (χ0) is 18.7. The van der Waals surface area contributed by atoms with Gasteiger partial charge in [0.15, 0.2) is 0 Å². The van der Waals surface area contributed by atoms with Crippen molar-refractivity contribution in [1.29, 1.82) is 0 Å². The lowest BCUT2D eigenvalue weighted by molar-refractivity contribution is -0.114. The highest BCUT2D eigenvalue weighted by Gasteiger charge is 2.11. The van der Waals surface area contributed by atoms with Crippen molar-refractivity contribution in [2.24, 2.45) is 0 Å². The third-order valence-corrected chi connectivity index (χ3v) is 6.33. The standard InChI is InChI=1S/C18H19N3O2S3/c1-3-13-8-14-16(26-13)19-18(24)21(17(14)23)20-15(22)10-25-9-12-6-4-11(2)5-7-12/h4-8H,3,9-10H2,1-2H3,(H,19,24)(H,20,22). The monoisotopic (exact) mass is 405 g/mol. The number of benzene rings is 1. The molecule has 8 heteroatoms. The summed E-state index contributed by atoms with van der Waals surface area (Å²) in [7, 11) is 0. The topological polar surface area (TPSA) is 66.9 Å². The Balaban J connectivity index is 1.68. The lowest BCUT2D eigenvalue weighted by atomic mass is 10.2. The van der Waals surface area contributed by atoms with Gasteiger partial charge in [-0.3, -0.25) is 15.0 Å². The van der Waals surface area contributed by atoms with Gasteiger partial charge in [-0.2, -0.15) is 4.68 Å². The summed E-state index contributed by atoms with van der Waals surface area (Å²) in [5.41, 5.74) is 4.68. The second-order valence-electron chi connectivity index (χ2n) is 5.89. The van der Waals surface area contributed by atoms with Crippen LogP contribution in [0, 0.1) is 11.7 Å². The Bertz CT molecular complexity index is 1050. The minimum atomic E-state index is -0.295. The molecule has 0 atom stereocenters. The maximum atomic E-state index is 12.6. The fourth-order valence-electron chi connectivity index (χ4n) is 2.44. The summed E-state index contributed by atoms with van der Waals surface area (Å²) in [4.78, 5) is 29.7. The van der Waals surface area contributed by atoms with E-state index < -0.39 is 0 Å². The molecule has 1 aromatic carbocycles. The first-order chi connectivity index (χ1) is 12.5. The Labute approximate surface area is 164 Å². The van der Waals surface area contributed by atoms with Gasteiger partial charge >= 0.3 is 0 Å². The van der Waals surface area contributed by atoms with Crippen LogP contribution in [0.1, 0.15) is 22.9 Å². The first-order valence-electron chi connectivity index (χ1n) is 8.19. The molecule has 26 heavy (non-hydrogen) atoms. The molecule has 2 heterocycles. The van der Waals surface area contributed by atoms with Gasteiger partial charge in [-0.05, 0) is 37.2 Å². The minimum Gasteiger partial charge on any atom is -0.322 e. The largest absolute Gasteiger partial charge is 0.322 e. The molecule has 2 N–H and O–H groups in total. The van der Waals surface area contributed by atoms with Crippen LogP contribution < -0.4 is 11.0 Å². The molecule has 2 aromatic heterocycles. The summed E-state index contributed by atoms with van der Waals surface area (Å²) in [6, 6.07) is 10.1. The number of carbonyl (C=O) groups excluding carboxylic acids is 1. The quantitative estimate of drug-likeness (QED) is 0.609. The number of rotatable bonds is 6. The number of thiophene rings is 1. The van der Waals surface area contributed by atoms with Gasteiger partial charge in [-0.25, -0.2) is 0 Å². The van der Waals surface area contributed by atoms with E-state index in [2.05, 4.69) is 34.7 Å². The molecule has 3 aromatic rings. The summed E-state index contributed by atoms with van der Waals surface area (Å²) in [6.45, 7) is 4.07. The molecule has 3 rings (SSSR count). The number of hydrogen-bond acceptors (Lipinski definition) is 5. The highest BCUT2D eigenvalue weighted by atomic mass is 32.2. The summed E-state index contributed by atoms with van der Waals surface area (Å²) in [5, 5.41) is 0.549. The summed E-state index contributed by atoms with van der Waals surface area (Å²) < 4.78 is 1.32. The van der Waals surface area contributed by atoms with Gasteiger partial charge in [0.05, 0.1) is 11.1 Å². The van der Waals surface area contributed by atoms with Crippen LogP contribution in [-0.2, 0) is 17.0 Å². The molecule has 0 aliphatic heterocycles. The molecule has 136 valence electrons. The van der Waals surface area contributed by atoms with E-state index in [0.717, 1.165) is 32.1 Å². The molecule has 0 radical (unpaired) electrons. The van der Waals surface area contributed by atoms with E-state index in [1.807, 2.05) is 19.9 Å². The molecular formula is C18H19N3O2S3. The maximum Gasteiger partial charge on any atom is 0.282 e. The maximum absolute atomic E-state index is 12.6. The van der Waals surface area contributed by atoms with Crippen LogP contribution in [0.25, 0.3) is 10.2 Å². The number of nitrogens with one attached hydrogen (secondary N) is 2. The molecule has 5 nitrogen and oxygen atoms in total. The van der Waals surface area contributed by atoms with Crippen molar-refractivity contribution in [3.63, 3.8) is 0 Å². The second-order valence-corrected chi connectivity index (χ2v) is 8.40. The summed E-state index contributed by atoms with van der Waals surface area (Å²) in [5.74, 6) is 0.726. The van der Waals surface area contributed by atoms with Crippen LogP contribution in [0.15, 0.2) is 35.1 Å². The SMILES string of the molecule is CCc1cc2c(=O)n(NC(=O)CSCc3ccc(C)cc3)c(=S)[nH]c2s1. The number of nitrogens with zero attached hydrogens (tertiary/aromatic N) is 1. The third kappa shape index (κ3) is 4.25. The van der Waals surface area contributed by atoms with Crippen LogP contribution in [-0.4, -0.2) is 21.3 Å². The number of amides is 1. The second kappa shape index (κ2) is 8.20. The zero-order valence-corrected chi connectivity index (χ0v) is 16.9. The average molecular weight is 406 g/mol. The van der Waals surface area contributed by atoms with E-state index in [1.165, 1.54) is 28.7 Å². The lowest BCUT2D eigenvalue weighted by Gasteiger charge is -2.08. The van der Waals surface area contributed by atoms with E-state index in [0.29, 0.717) is 5.39 Å². The molecule has 0 aliphatic rings. The van der Waals surface area contributed by atoms with E-state index >= 15 is 0 Å². The number of aromatic amines is 1. The molecule has 1 amide bonds. The molecule has 0 aliphatic carbocycles. The Morgan fingerprint density at radius 3 is 2.77 bits per heavy atom. The molecule has 0 saturated heterocycles. The van der Waals surface area contributed by atoms with Crippen molar-refractivity contribution in [3.8, 4) is 0 Å². The number of aryl methyl sites for hydroxylation is 2. The van der Waals surface area contributed by atoms with Crippen LogP contribution in [0.2, 0.25) is 0 Å². The van der Waals surface area contributed by atoms with Gasteiger partial charge in [0, 0.05) is 10.6 Å². The predicted octanol–water partition coefficient (Wildman–Crippen LogP) is 3.99. The first-order valence-corrected chi connectivity index (χ1v) is 10.6. The molecule has 0 saturated carbocycles. The van der Waals surface area contributed by atoms with Crippen molar-refractivity contribution in [1.82, 2.24) is 9.66 Å². The normalized spacial score (nSPS) is 11.0. The molecular weight excluding hydrogens is 386 g/mol. The smallest absolute Gasteiger partial charge is 0.282 e. The molecule has 0 bridgehead atoms. The number of fused-ring (bicyclic) bond motifs is 1. The number of carbonyl (C=O) groups is 1. The number of H-pyrrole nitrogens is 1. The van der Waals surface area contributed by atoms with Gasteiger partial charge in [0.25, 0.3) is 5.56 Å². The van der Waals surface area contributed by atoms with E-state index in [4.69, 9.17) is 12.2 Å². The van der Waals surface area contributed by atoms with Gasteiger partial charge in [0.2, 0.25) is 10.7 Å². The van der Waals surface area contributed by atoms with Gasteiger partial charge in [0.1, 0.15) is 4.83 Å². The summed E-state index contributed by atoms with van der Waals surface area (Å²) in [6.07, 6.45) is 0.849.